The van der Waals surface area contributed by atoms with E-state index in [1.807, 2.05) is 16.9 Å². The maximum atomic E-state index is 12.9. The largest absolute Gasteiger partial charge is 0.294 e. The first-order valence-corrected chi connectivity index (χ1v) is 9.44. The van der Waals surface area contributed by atoms with Crippen LogP contribution in [-0.4, -0.2) is 43.5 Å². The van der Waals surface area contributed by atoms with Gasteiger partial charge in [-0.05, 0) is 26.0 Å². The number of thiazole rings is 1. The molecular formula is C19H14N4O5S. The Morgan fingerprint density at radius 2 is 1.90 bits per heavy atom. The number of ketones is 1. The van der Waals surface area contributed by atoms with Crippen molar-refractivity contribution < 1.29 is 19.3 Å². The molecule has 9 nitrogen and oxygen atoms in total. The molecule has 0 spiro atoms. The highest BCUT2D eigenvalue weighted by Gasteiger charge is 2.38. The summed E-state index contributed by atoms with van der Waals surface area (Å²) in [4.78, 5) is 53.4. The number of nitrogens with zero attached hydrogens (tertiary/aromatic N) is 4. The van der Waals surface area contributed by atoms with E-state index < -0.39 is 29.1 Å². The first-order valence-electron chi connectivity index (χ1n) is 8.56. The Bertz CT molecular complexity index is 1200. The van der Waals surface area contributed by atoms with E-state index in [4.69, 9.17) is 0 Å². The van der Waals surface area contributed by atoms with Gasteiger partial charge in [-0.3, -0.25) is 34.0 Å². The van der Waals surface area contributed by atoms with E-state index >= 15 is 0 Å². The molecule has 29 heavy (non-hydrogen) atoms. The molecule has 0 bridgehead atoms. The third-order valence-electron chi connectivity index (χ3n) is 4.81. The maximum Gasteiger partial charge on any atom is 0.270 e. The van der Waals surface area contributed by atoms with Crippen LogP contribution in [0.15, 0.2) is 35.8 Å². The van der Waals surface area contributed by atoms with Gasteiger partial charge in [-0.1, -0.05) is 0 Å². The number of aryl methyl sites for hydroxylation is 1. The minimum Gasteiger partial charge on any atom is -0.294 e. The molecule has 1 aliphatic heterocycles. The number of hydrogen-bond acceptors (Lipinski definition) is 7. The zero-order chi connectivity index (χ0) is 20.9. The third kappa shape index (κ3) is 2.93. The number of carbonyl (C=O) groups excluding carboxylic acids is 3. The molecule has 0 N–H and O–H groups in total. The summed E-state index contributed by atoms with van der Waals surface area (Å²) in [6.45, 7) is 3.17. The monoisotopic (exact) mass is 410 g/mol. The van der Waals surface area contributed by atoms with Gasteiger partial charge >= 0.3 is 0 Å². The molecule has 2 aromatic heterocycles. The van der Waals surface area contributed by atoms with E-state index in [0.29, 0.717) is 16.4 Å². The van der Waals surface area contributed by atoms with Crippen molar-refractivity contribution in [1.29, 1.82) is 0 Å². The Morgan fingerprint density at radius 1 is 1.17 bits per heavy atom. The van der Waals surface area contributed by atoms with Crippen molar-refractivity contribution in [1.82, 2.24) is 14.5 Å². The number of Topliss-reactive ketones (excluding diaryl/α,β-unsaturated/α-hetero) is 1. The van der Waals surface area contributed by atoms with Crippen molar-refractivity contribution in [3.05, 3.63) is 74.0 Å². The molecule has 0 fully saturated rings. The van der Waals surface area contributed by atoms with Crippen LogP contribution in [-0.2, 0) is 0 Å². The molecule has 0 atom stereocenters. The highest BCUT2D eigenvalue weighted by atomic mass is 32.1. The molecule has 0 unspecified atom stereocenters. The second-order valence-corrected chi connectivity index (χ2v) is 7.41. The zero-order valence-corrected chi connectivity index (χ0v) is 16.2. The molecule has 1 aliphatic rings. The number of aromatic nitrogens is 2. The highest BCUT2D eigenvalue weighted by molar-refractivity contribution is 7.12. The second kappa shape index (κ2) is 6.74. The maximum absolute atomic E-state index is 12.9. The molecule has 0 aliphatic carbocycles. The van der Waals surface area contributed by atoms with Gasteiger partial charge in [0.15, 0.2) is 10.9 Å². The standard InChI is InChI=1S/C19H14N4O5S/c1-10-7-14(11(2)22(10)19-20-5-6-29-19)16(24)9-21-17(25)13-4-3-12(23(27)28)8-15(13)18(21)26/h3-8H,9H2,1-2H3. The van der Waals surface area contributed by atoms with Gasteiger partial charge in [0.05, 0.1) is 22.6 Å². The summed E-state index contributed by atoms with van der Waals surface area (Å²) in [6.07, 6.45) is 1.67. The fourth-order valence-corrected chi connectivity index (χ4v) is 4.18. The van der Waals surface area contributed by atoms with Crippen LogP contribution in [0.4, 0.5) is 5.69 Å². The predicted octanol–water partition coefficient (Wildman–Crippen LogP) is 2.94. The predicted molar refractivity (Wildman–Crippen MR) is 104 cm³/mol. The van der Waals surface area contributed by atoms with Crippen LogP contribution in [0.5, 0.6) is 0 Å². The molecule has 1 aromatic carbocycles. The van der Waals surface area contributed by atoms with Crippen molar-refractivity contribution in [2.75, 3.05) is 6.54 Å². The van der Waals surface area contributed by atoms with Crippen LogP contribution < -0.4 is 0 Å². The minimum atomic E-state index is -0.712. The number of fused-ring (bicyclic) bond motifs is 1. The SMILES string of the molecule is Cc1cc(C(=O)CN2C(=O)c3ccc([N+](=O)[O-])cc3C2=O)c(C)n1-c1nccs1. The molecule has 146 valence electrons. The smallest absolute Gasteiger partial charge is 0.270 e. The topological polar surface area (TPSA) is 115 Å². The Hall–Kier alpha value is -3.66. The number of rotatable bonds is 5. The van der Waals surface area contributed by atoms with Crippen LogP contribution in [0.3, 0.4) is 0 Å². The molecule has 4 rings (SSSR count). The summed E-state index contributed by atoms with van der Waals surface area (Å²) in [6, 6.07) is 5.17. The lowest BCUT2D eigenvalue weighted by Gasteiger charge is -2.13. The summed E-state index contributed by atoms with van der Waals surface area (Å²) >= 11 is 1.43. The van der Waals surface area contributed by atoms with Crippen molar-refractivity contribution in [2.24, 2.45) is 0 Å². The van der Waals surface area contributed by atoms with E-state index in [1.165, 1.54) is 17.4 Å². The molecule has 0 saturated heterocycles. The molecule has 0 saturated carbocycles. The number of amides is 2. The van der Waals surface area contributed by atoms with Gasteiger partial charge in [-0.15, -0.1) is 11.3 Å². The number of imide groups is 1. The summed E-state index contributed by atoms with van der Waals surface area (Å²) < 4.78 is 1.84. The summed E-state index contributed by atoms with van der Waals surface area (Å²) in [7, 11) is 0. The second-order valence-electron chi connectivity index (χ2n) is 6.54. The lowest BCUT2D eigenvalue weighted by molar-refractivity contribution is -0.384. The van der Waals surface area contributed by atoms with Crippen LogP contribution in [0, 0.1) is 24.0 Å². The van der Waals surface area contributed by atoms with Crippen LogP contribution in [0.2, 0.25) is 0 Å². The summed E-state index contributed by atoms with van der Waals surface area (Å²) in [5.74, 6) is -1.75. The lowest BCUT2D eigenvalue weighted by Crippen LogP contribution is -2.35. The molecule has 0 radical (unpaired) electrons. The average Bonchev–Trinajstić information content (AvgIpc) is 3.36. The van der Waals surface area contributed by atoms with E-state index in [0.717, 1.165) is 22.7 Å². The fraction of sp³-hybridized carbons (Fsp3) is 0.158. The van der Waals surface area contributed by atoms with Gasteiger partial charge < -0.3 is 0 Å². The Kier molecular flexibility index (Phi) is 4.35. The van der Waals surface area contributed by atoms with Gasteiger partial charge in [0.1, 0.15) is 0 Å². The molecule has 3 heterocycles. The van der Waals surface area contributed by atoms with Crippen LogP contribution >= 0.6 is 11.3 Å². The van der Waals surface area contributed by atoms with Crippen LogP contribution in [0.25, 0.3) is 5.13 Å². The van der Waals surface area contributed by atoms with Gasteiger partial charge in [-0.2, -0.15) is 0 Å². The van der Waals surface area contributed by atoms with E-state index in [2.05, 4.69) is 4.98 Å². The minimum absolute atomic E-state index is 0.0571. The van der Waals surface area contributed by atoms with Gasteiger partial charge in [0.2, 0.25) is 0 Å². The zero-order valence-electron chi connectivity index (χ0n) is 15.4. The third-order valence-corrected chi connectivity index (χ3v) is 5.57. The molecule has 2 amide bonds. The summed E-state index contributed by atoms with van der Waals surface area (Å²) in [5, 5.41) is 13.5. The number of carbonyl (C=O) groups is 3. The van der Waals surface area contributed by atoms with Crippen molar-refractivity contribution >= 4 is 34.6 Å². The molecule has 3 aromatic rings. The highest BCUT2D eigenvalue weighted by Crippen LogP contribution is 2.28. The first-order chi connectivity index (χ1) is 13.8. The number of non-ortho nitro benzene ring substituents is 1. The van der Waals surface area contributed by atoms with Crippen LogP contribution in [0.1, 0.15) is 42.5 Å². The Morgan fingerprint density at radius 3 is 2.55 bits per heavy atom. The van der Waals surface area contributed by atoms with Gasteiger partial charge in [0.25, 0.3) is 17.5 Å². The number of nitro benzene ring substituents is 1. The summed E-state index contributed by atoms with van der Waals surface area (Å²) in [5.41, 5.74) is 1.56. The van der Waals surface area contributed by atoms with Crippen molar-refractivity contribution in [3.8, 4) is 5.13 Å². The normalized spacial score (nSPS) is 13.1. The van der Waals surface area contributed by atoms with E-state index in [-0.39, 0.29) is 16.8 Å². The lowest BCUT2D eigenvalue weighted by atomic mass is 10.1. The van der Waals surface area contributed by atoms with E-state index in [9.17, 15) is 24.5 Å². The first kappa shape index (κ1) is 18.7. The quantitative estimate of drug-likeness (QED) is 0.276. The molecule has 10 heteroatoms. The van der Waals surface area contributed by atoms with E-state index in [1.54, 1.807) is 19.2 Å². The Labute approximate surface area is 168 Å². The van der Waals surface area contributed by atoms with Gasteiger partial charge in [-0.25, -0.2) is 4.98 Å². The van der Waals surface area contributed by atoms with Crippen molar-refractivity contribution in [2.45, 2.75) is 13.8 Å². The van der Waals surface area contributed by atoms with Crippen molar-refractivity contribution in [3.63, 3.8) is 0 Å². The number of hydrogen-bond donors (Lipinski definition) is 0. The average molecular weight is 410 g/mol. The molecular weight excluding hydrogens is 396 g/mol. The fourth-order valence-electron chi connectivity index (χ4n) is 3.43. The number of benzene rings is 1. The number of nitro groups is 1. The Balaban J connectivity index is 1.63. The van der Waals surface area contributed by atoms with Gasteiger partial charge in [0, 0.05) is 40.7 Å².